The molecule has 2 atom stereocenters. The summed E-state index contributed by atoms with van der Waals surface area (Å²) >= 11 is 7.87. The summed E-state index contributed by atoms with van der Waals surface area (Å²) in [5, 5.41) is 17.0. The molecule has 1 fully saturated rings. The van der Waals surface area contributed by atoms with Crippen molar-refractivity contribution in [3.63, 3.8) is 0 Å². The third-order valence-corrected chi connectivity index (χ3v) is 7.93. The number of aryl methyl sites for hydroxylation is 2. The number of aliphatic imine (C=N–C) groups is 1. The number of benzene rings is 1. The van der Waals surface area contributed by atoms with Crippen LogP contribution in [0.3, 0.4) is 0 Å². The fraction of sp³-hybridized carbons (Fsp3) is 0.417. The molecule has 4 heterocycles. The topological polar surface area (TPSA) is 84.2 Å². The molecule has 2 aliphatic rings. The number of carbonyl (C=O) groups excluding carboxylic acids is 1. The Balaban J connectivity index is 1.56. The third-order valence-electron chi connectivity index (χ3n) is 6.49. The standard InChI is InChI=1S/C24H27ClN6OS/c1-13-14(2)33-24-21(13)22(17-4-6-18(25)7-5-17)28-19(23-30-29-15(3)31(23)24)10-20(32)27-12-16-8-9-26-11-16/h4-7,16,19,26H,8-12H2,1-3H3,(H,27,32)/t16?,19-/m0/s1. The van der Waals surface area contributed by atoms with Crippen LogP contribution < -0.4 is 10.6 Å². The molecule has 5 rings (SSSR count). The van der Waals surface area contributed by atoms with Gasteiger partial charge in [-0.15, -0.1) is 21.5 Å². The van der Waals surface area contributed by atoms with Gasteiger partial charge >= 0.3 is 0 Å². The first-order chi connectivity index (χ1) is 15.9. The Morgan fingerprint density at radius 1 is 1.24 bits per heavy atom. The lowest BCUT2D eigenvalue weighted by molar-refractivity contribution is -0.121. The number of aromatic nitrogens is 3. The van der Waals surface area contributed by atoms with Crippen molar-refractivity contribution in [2.45, 2.75) is 39.7 Å². The largest absolute Gasteiger partial charge is 0.356 e. The van der Waals surface area contributed by atoms with Gasteiger partial charge in [0, 0.05) is 27.6 Å². The lowest BCUT2D eigenvalue weighted by Gasteiger charge is -2.14. The molecule has 0 spiro atoms. The van der Waals surface area contributed by atoms with Crippen molar-refractivity contribution in [1.82, 2.24) is 25.4 Å². The summed E-state index contributed by atoms with van der Waals surface area (Å²) in [5.74, 6) is 1.97. The summed E-state index contributed by atoms with van der Waals surface area (Å²) in [6.07, 6.45) is 1.32. The number of hydrogen-bond donors (Lipinski definition) is 2. The first kappa shape index (κ1) is 22.3. The van der Waals surface area contributed by atoms with Crippen LogP contribution in [0.25, 0.3) is 5.00 Å². The molecule has 2 aliphatic heterocycles. The van der Waals surface area contributed by atoms with Crippen LogP contribution in [0.15, 0.2) is 29.3 Å². The summed E-state index contributed by atoms with van der Waals surface area (Å²) in [6.45, 7) is 8.84. The van der Waals surface area contributed by atoms with Gasteiger partial charge in [0.1, 0.15) is 16.9 Å². The van der Waals surface area contributed by atoms with Crippen LogP contribution in [0.2, 0.25) is 5.02 Å². The summed E-state index contributed by atoms with van der Waals surface area (Å²) < 4.78 is 2.07. The Bertz CT molecular complexity index is 1220. The number of hydrogen-bond acceptors (Lipinski definition) is 6. The number of thiophene rings is 1. The van der Waals surface area contributed by atoms with Crippen LogP contribution >= 0.6 is 22.9 Å². The van der Waals surface area contributed by atoms with E-state index in [2.05, 4.69) is 39.2 Å². The van der Waals surface area contributed by atoms with Crippen LogP contribution in [-0.2, 0) is 4.79 Å². The van der Waals surface area contributed by atoms with E-state index in [1.807, 2.05) is 31.2 Å². The predicted octanol–water partition coefficient (Wildman–Crippen LogP) is 3.92. The molecule has 0 aliphatic carbocycles. The van der Waals surface area contributed by atoms with E-state index >= 15 is 0 Å². The van der Waals surface area contributed by atoms with E-state index in [1.165, 1.54) is 10.4 Å². The average molecular weight is 483 g/mol. The van der Waals surface area contributed by atoms with Crippen LogP contribution in [-0.4, -0.2) is 46.0 Å². The van der Waals surface area contributed by atoms with Gasteiger partial charge in [-0.25, -0.2) is 0 Å². The Kier molecular flexibility index (Phi) is 6.07. The minimum Gasteiger partial charge on any atom is -0.356 e. The summed E-state index contributed by atoms with van der Waals surface area (Å²) in [7, 11) is 0. The normalized spacial score (nSPS) is 19.6. The Hall–Kier alpha value is -2.55. The maximum absolute atomic E-state index is 12.9. The van der Waals surface area contributed by atoms with E-state index in [0.29, 0.717) is 23.3 Å². The molecule has 0 bridgehead atoms. The van der Waals surface area contributed by atoms with E-state index in [1.54, 1.807) is 11.3 Å². The van der Waals surface area contributed by atoms with Gasteiger partial charge in [0.05, 0.1) is 12.1 Å². The summed E-state index contributed by atoms with van der Waals surface area (Å²) in [5.41, 5.74) is 4.09. The van der Waals surface area contributed by atoms with E-state index in [9.17, 15) is 4.79 Å². The molecule has 1 amide bonds. The van der Waals surface area contributed by atoms with Crippen molar-refractivity contribution in [3.8, 4) is 5.00 Å². The van der Waals surface area contributed by atoms with E-state index in [-0.39, 0.29) is 12.3 Å². The van der Waals surface area contributed by atoms with Crippen LogP contribution in [0.4, 0.5) is 0 Å². The van der Waals surface area contributed by atoms with Crippen molar-refractivity contribution >= 4 is 34.6 Å². The molecule has 0 saturated carbocycles. The monoisotopic (exact) mass is 482 g/mol. The maximum atomic E-state index is 12.9. The lowest BCUT2D eigenvalue weighted by atomic mass is 9.99. The highest BCUT2D eigenvalue weighted by Crippen LogP contribution is 2.39. The van der Waals surface area contributed by atoms with Gasteiger partial charge in [-0.1, -0.05) is 23.7 Å². The molecule has 1 unspecified atom stereocenters. The van der Waals surface area contributed by atoms with Crippen molar-refractivity contribution in [3.05, 3.63) is 62.5 Å². The average Bonchev–Trinajstić information content (AvgIpc) is 3.49. The van der Waals surface area contributed by atoms with Gasteiger partial charge in [0.2, 0.25) is 5.91 Å². The zero-order valence-corrected chi connectivity index (χ0v) is 20.6. The second-order valence-corrected chi connectivity index (χ2v) is 10.4. The maximum Gasteiger partial charge on any atom is 0.222 e. The molecule has 33 heavy (non-hydrogen) atoms. The van der Waals surface area contributed by atoms with Crippen LogP contribution in [0, 0.1) is 26.7 Å². The van der Waals surface area contributed by atoms with Crippen molar-refractivity contribution in [1.29, 1.82) is 0 Å². The highest BCUT2D eigenvalue weighted by molar-refractivity contribution is 7.15. The highest BCUT2D eigenvalue weighted by atomic mass is 35.5. The minimum atomic E-state index is -0.433. The molecule has 1 aromatic carbocycles. The second kappa shape index (κ2) is 9.00. The van der Waals surface area contributed by atoms with E-state index in [4.69, 9.17) is 16.6 Å². The fourth-order valence-electron chi connectivity index (χ4n) is 4.53. The molecule has 7 nitrogen and oxygen atoms in total. The van der Waals surface area contributed by atoms with E-state index < -0.39 is 6.04 Å². The third kappa shape index (κ3) is 4.23. The van der Waals surface area contributed by atoms with Crippen molar-refractivity contribution < 1.29 is 4.79 Å². The molecule has 172 valence electrons. The molecule has 9 heteroatoms. The SMILES string of the molecule is Cc1sc2c(c1C)C(c1ccc(Cl)cc1)=N[C@@H](CC(=O)NCC1CCNC1)c1nnc(C)n1-2. The molecule has 2 N–H and O–H groups in total. The number of carbonyl (C=O) groups is 1. The smallest absolute Gasteiger partial charge is 0.222 e. The van der Waals surface area contributed by atoms with Gasteiger partial charge in [-0.05, 0) is 63.9 Å². The molecular formula is C24H27ClN6OS. The quantitative estimate of drug-likeness (QED) is 0.577. The van der Waals surface area contributed by atoms with E-state index in [0.717, 1.165) is 47.2 Å². The van der Waals surface area contributed by atoms with Gasteiger partial charge in [-0.3, -0.25) is 14.4 Å². The zero-order chi connectivity index (χ0) is 23.1. The molecule has 2 aromatic heterocycles. The number of halogens is 1. The van der Waals surface area contributed by atoms with Gasteiger partial charge in [-0.2, -0.15) is 0 Å². The van der Waals surface area contributed by atoms with Crippen LogP contribution in [0.5, 0.6) is 0 Å². The van der Waals surface area contributed by atoms with Gasteiger partial charge < -0.3 is 10.6 Å². The van der Waals surface area contributed by atoms with Gasteiger partial charge in [0.25, 0.3) is 0 Å². The molecular weight excluding hydrogens is 456 g/mol. The Morgan fingerprint density at radius 3 is 2.76 bits per heavy atom. The number of amides is 1. The minimum absolute atomic E-state index is 0.0172. The number of nitrogens with zero attached hydrogens (tertiary/aromatic N) is 4. The highest BCUT2D eigenvalue weighted by Gasteiger charge is 2.32. The second-order valence-electron chi connectivity index (χ2n) is 8.77. The number of fused-ring (bicyclic) bond motifs is 3. The first-order valence-corrected chi connectivity index (χ1v) is 12.5. The molecule has 3 aromatic rings. The number of rotatable bonds is 5. The Labute approximate surface area is 202 Å². The first-order valence-electron chi connectivity index (χ1n) is 11.3. The summed E-state index contributed by atoms with van der Waals surface area (Å²) in [4.78, 5) is 19.3. The van der Waals surface area contributed by atoms with Crippen molar-refractivity contribution in [2.75, 3.05) is 19.6 Å². The Morgan fingerprint density at radius 2 is 2.03 bits per heavy atom. The van der Waals surface area contributed by atoms with Crippen molar-refractivity contribution in [2.24, 2.45) is 10.9 Å². The zero-order valence-electron chi connectivity index (χ0n) is 19.0. The number of nitrogens with one attached hydrogen (secondary N) is 2. The van der Waals surface area contributed by atoms with Crippen LogP contribution in [0.1, 0.15) is 52.1 Å². The summed E-state index contributed by atoms with van der Waals surface area (Å²) in [6, 6.07) is 7.29. The fourth-order valence-corrected chi connectivity index (χ4v) is 5.87. The molecule has 0 radical (unpaired) electrons. The molecule has 1 saturated heterocycles. The predicted molar refractivity (Wildman–Crippen MR) is 132 cm³/mol. The van der Waals surface area contributed by atoms with Gasteiger partial charge in [0.15, 0.2) is 5.82 Å². The lowest BCUT2D eigenvalue weighted by Crippen LogP contribution is -2.31.